The Morgan fingerprint density at radius 1 is 1.09 bits per heavy atom. The molecule has 7 heteroatoms. The fourth-order valence-electron chi connectivity index (χ4n) is 4.16. The molecule has 7 nitrogen and oxygen atoms in total. The van der Waals surface area contributed by atoms with Gasteiger partial charge < -0.3 is 14.7 Å². The van der Waals surface area contributed by atoms with Gasteiger partial charge in [0.2, 0.25) is 5.91 Å². The van der Waals surface area contributed by atoms with E-state index in [1.54, 1.807) is 4.90 Å². The number of benzene rings is 2. The first-order chi connectivity index (χ1) is 15.9. The Labute approximate surface area is 194 Å². The molecule has 0 radical (unpaired) electrons. The molecule has 0 saturated heterocycles. The number of esters is 1. The van der Waals surface area contributed by atoms with Crippen molar-refractivity contribution in [2.75, 3.05) is 13.1 Å². The number of nitrogens with zero attached hydrogens (tertiary/aromatic N) is 1. The molecule has 1 aliphatic rings. The largest absolute Gasteiger partial charge is 0.480 e. The predicted octanol–water partition coefficient (Wildman–Crippen LogP) is 3.65. The number of hydrogen-bond donors (Lipinski definition) is 2. The molecular weight excluding hydrogens is 420 g/mol. The fourth-order valence-corrected chi connectivity index (χ4v) is 4.16. The second-order valence-corrected chi connectivity index (χ2v) is 8.31. The van der Waals surface area contributed by atoms with Crippen LogP contribution in [0.4, 0.5) is 0 Å². The molecule has 0 saturated carbocycles. The lowest BCUT2D eigenvalue weighted by molar-refractivity contribution is -0.148. The summed E-state index contributed by atoms with van der Waals surface area (Å²) in [5.41, 5.74) is 2.67. The zero-order chi connectivity index (χ0) is 23.8. The summed E-state index contributed by atoms with van der Waals surface area (Å²) in [5, 5.41) is 12.5. The van der Waals surface area contributed by atoms with Crippen molar-refractivity contribution in [1.29, 1.82) is 0 Å². The van der Waals surface area contributed by atoms with E-state index in [0.717, 1.165) is 16.7 Å². The molecule has 3 atom stereocenters. The summed E-state index contributed by atoms with van der Waals surface area (Å²) in [4.78, 5) is 38.8. The first-order valence-electron chi connectivity index (χ1n) is 11.5. The average molecular weight is 453 g/mol. The van der Waals surface area contributed by atoms with Crippen LogP contribution in [0.1, 0.15) is 61.9 Å². The molecular formula is C26H32N2O5. The van der Waals surface area contributed by atoms with E-state index < -0.39 is 18.1 Å². The normalized spacial score (nSPS) is 18.1. The van der Waals surface area contributed by atoms with E-state index in [1.165, 1.54) is 0 Å². The molecule has 1 amide bonds. The van der Waals surface area contributed by atoms with Crippen LogP contribution in [0.3, 0.4) is 0 Å². The minimum absolute atomic E-state index is 0.142. The number of unbranched alkanes of at least 4 members (excludes halogenated alkanes) is 1. The molecule has 3 rings (SSSR count). The van der Waals surface area contributed by atoms with Crippen molar-refractivity contribution in [2.24, 2.45) is 0 Å². The van der Waals surface area contributed by atoms with Gasteiger partial charge >= 0.3 is 11.9 Å². The van der Waals surface area contributed by atoms with Crippen LogP contribution >= 0.6 is 0 Å². The number of amides is 1. The van der Waals surface area contributed by atoms with Crippen LogP contribution in [0.2, 0.25) is 0 Å². The standard InChI is InChI=1S/C26H32N2O5/c1-3-28(16-10-9-15-23(29)33-18(2)19-11-5-4-6-12-19)25(30)24-21-14-8-7-13-20(21)17-22(27-24)26(31)32/h4-8,11-14,18,22,24,27H,3,9-10,15-17H2,1-2H3,(H,31,32). The van der Waals surface area contributed by atoms with Gasteiger partial charge in [0.1, 0.15) is 18.2 Å². The average Bonchev–Trinajstić information content (AvgIpc) is 2.83. The summed E-state index contributed by atoms with van der Waals surface area (Å²) in [5.74, 6) is -1.36. The Bertz CT molecular complexity index is 962. The van der Waals surface area contributed by atoms with Gasteiger partial charge in [-0.15, -0.1) is 0 Å². The monoisotopic (exact) mass is 452 g/mol. The highest BCUT2D eigenvalue weighted by molar-refractivity contribution is 5.86. The second-order valence-electron chi connectivity index (χ2n) is 8.31. The maximum atomic E-state index is 13.3. The summed E-state index contributed by atoms with van der Waals surface area (Å²) in [6.07, 6.45) is 1.60. The zero-order valence-corrected chi connectivity index (χ0v) is 19.2. The summed E-state index contributed by atoms with van der Waals surface area (Å²) < 4.78 is 5.50. The number of carbonyl (C=O) groups excluding carboxylic acids is 2. The second kappa shape index (κ2) is 11.6. The van der Waals surface area contributed by atoms with Crippen LogP contribution in [0.15, 0.2) is 54.6 Å². The summed E-state index contributed by atoms with van der Waals surface area (Å²) in [6, 6.07) is 15.6. The third-order valence-electron chi connectivity index (χ3n) is 6.03. The third-order valence-corrected chi connectivity index (χ3v) is 6.03. The van der Waals surface area contributed by atoms with Crippen molar-refractivity contribution in [1.82, 2.24) is 10.2 Å². The Hall–Kier alpha value is -3.19. The van der Waals surface area contributed by atoms with Gasteiger partial charge in [-0.2, -0.15) is 0 Å². The highest BCUT2D eigenvalue weighted by atomic mass is 16.5. The highest BCUT2D eigenvalue weighted by Crippen LogP contribution is 2.27. The number of likely N-dealkylation sites (N-methyl/N-ethyl adjacent to an activating group) is 1. The molecule has 1 heterocycles. The number of aliphatic carboxylic acids is 1. The summed E-state index contributed by atoms with van der Waals surface area (Å²) in [6.45, 7) is 4.75. The van der Waals surface area contributed by atoms with E-state index in [0.29, 0.717) is 32.4 Å². The van der Waals surface area contributed by atoms with Crippen molar-refractivity contribution >= 4 is 17.8 Å². The van der Waals surface area contributed by atoms with Crippen molar-refractivity contribution in [3.8, 4) is 0 Å². The number of carboxylic acids is 1. The molecule has 2 aromatic rings. The van der Waals surface area contributed by atoms with Crippen LogP contribution < -0.4 is 5.32 Å². The summed E-state index contributed by atoms with van der Waals surface area (Å²) >= 11 is 0. The molecule has 176 valence electrons. The smallest absolute Gasteiger partial charge is 0.321 e. The van der Waals surface area contributed by atoms with Gasteiger partial charge in [0.25, 0.3) is 0 Å². The molecule has 0 spiro atoms. The van der Waals surface area contributed by atoms with E-state index in [9.17, 15) is 19.5 Å². The van der Waals surface area contributed by atoms with E-state index in [1.807, 2.05) is 68.4 Å². The van der Waals surface area contributed by atoms with Gasteiger partial charge in [-0.3, -0.25) is 19.7 Å². The molecule has 0 bridgehead atoms. The van der Waals surface area contributed by atoms with Crippen LogP contribution in [0.25, 0.3) is 0 Å². The van der Waals surface area contributed by atoms with E-state index >= 15 is 0 Å². The molecule has 2 N–H and O–H groups in total. The number of hydrogen-bond acceptors (Lipinski definition) is 5. The highest BCUT2D eigenvalue weighted by Gasteiger charge is 2.35. The first-order valence-corrected chi connectivity index (χ1v) is 11.5. The lowest BCUT2D eigenvalue weighted by atomic mass is 9.89. The molecule has 33 heavy (non-hydrogen) atoms. The topological polar surface area (TPSA) is 95.9 Å². The lowest BCUT2D eigenvalue weighted by Crippen LogP contribution is -2.51. The number of nitrogens with one attached hydrogen (secondary N) is 1. The van der Waals surface area contributed by atoms with Crippen molar-refractivity contribution in [3.05, 3.63) is 71.3 Å². The first kappa shape index (κ1) is 24.5. The molecule has 1 aliphatic heterocycles. The molecule has 3 unspecified atom stereocenters. The molecule has 2 aromatic carbocycles. The van der Waals surface area contributed by atoms with Gasteiger partial charge in [0, 0.05) is 19.5 Å². The fraction of sp³-hybridized carbons (Fsp3) is 0.423. The minimum atomic E-state index is -0.964. The number of carbonyl (C=O) groups is 3. The summed E-state index contributed by atoms with van der Waals surface area (Å²) in [7, 11) is 0. The van der Waals surface area contributed by atoms with Crippen LogP contribution in [0.5, 0.6) is 0 Å². The Morgan fingerprint density at radius 3 is 2.48 bits per heavy atom. The lowest BCUT2D eigenvalue weighted by Gasteiger charge is -2.34. The van der Waals surface area contributed by atoms with Gasteiger partial charge in [0.15, 0.2) is 0 Å². The maximum Gasteiger partial charge on any atom is 0.321 e. The van der Waals surface area contributed by atoms with Gasteiger partial charge in [-0.05, 0) is 49.8 Å². The van der Waals surface area contributed by atoms with Crippen LogP contribution in [-0.2, 0) is 25.5 Å². The quantitative estimate of drug-likeness (QED) is 0.422. The van der Waals surface area contributed by atoms with Gasteiger partial charge in [0.05, 0.1) is 0 Å². The van der Waals surface area contributed by atoms with Gasteiger partial charge in [-0.1, -0.05) is 54.6 Å². The molecule has 0 aliphatic carbocycles. The van der Waals surface area contributed by atoms with Crippen molar-refractivity contribution < 1.29 is 24.2 Å². The Kier molecular flexibility index (Phi) is 8.60. The third kappa shape index (κ3) is 6.42. The van der Waals surface area contributed by atoms with E-state index in [4.69, 9.17) is 4.74 Å². The van der Waals surface area contributed by atoms with Crippen LogP contribution in [0, 0.1) is 0 Å². The number of ether oxygens (including phenoxy) is 1. The SMILES string of the molecule is CCN(CCCCC(=O)OC(C)c1ccccc1)C(=O)C1NC(C(=O)O)Cc2ccccc21. The number of fused-ring (bicyclic) bond motifs is 1. The van der Waals surface area contributed by atoms with Crippen molar-refractivity contribution in [2.45, 2.75) is 57.7 Å². The zero-order valence-electron chi connectivity index (χ0n) is 19.2. The Morgan fingerprint density at radius 2 is 1.79 bits per heavy atom. The van der Waals surface area contributed by atoms with E-state index in [2.05, 4.69) is 5.32 Å². The minimum Gasteiger partial charge on any atom is -0.480 e. The Balaban J connectivity index is 1.52. The van der Waals surface area contributed by atoms with E-state index in [-0.39, 0.29) is 24.4 Å². The number of rotatable bonds is 10. The van der Waals surface area contributed by atoms with Crippen LogP contribution in [-0.4, -0.2) is 47.0 Å². The predicted molar refractivity (Wildman–Crippen MR) is 125 cm³/mol. The number of carboxylic acid groups (broad SMARTS) is 1. The molecule has 0 aromatic heterocycles. The van der Waals surface area contributed by atoms with Crippen molar-refractivity contribution in [3.63, 3.8) is 0 Å². The molecule has 0 fully saturated rings. The maximum absolute atomic E-state index is 13.3. The van der Waals surface area contributed by atoms with Gasteiger partial charge in [-0.25, -0.2) is 0 Å².